The number of alkyl halides is 6. The van der Waals surface area contributed by atoms with Crippen molar-refractivity contribution in [3.05, 3.63) is 130 Å². The number of fused-ring (bicyclic) bond motifs is 6. The first-order valence-corrected chi connectivity index (χ1v) is 13.9. The SMILES string of the molecule is [C-]#[N+]/N=c1/c2cc(-c3cc(F)cc(C(F)(F)F)c3)ccc2c2cc3c(=NC#N)c4cc(-c5cc(F)cc(C(F)(F)F)c5)ccc4c3cc12. The molecule has 0 aliphatic rings. The lowest BCUT2D eigenvalue weighted by molar-refractivity contribution is -0.138. The maximum absolute atomic E-state index is 14.2. The molecule has 0 aromatic heterocycles. The molecule has 0 amide bonds. The van der Waals surface area contributed by atoms with Crippen molar-refractivity contribution in [2.24, 2.45) is 10.1 Å². The average molecular weight is 655 g/mol. The molecule has 234 valence electrons. The van der Waals surface area contributed by atoms with Crippen LogP contribution in [0.2, 0.25) is 0 Å². The highest BCUT2D eigenvalue weighted by molar-refractivity contribution is 6.21. The zero-order chi connectivity index (χ0) is 34.1. The number of nitrogens with zero attached hydrogens (tertiary/aromatic N) is 4. The Bertz CT molecular complexity index is 2510. The third-order valence-corrected chi connectivity index (χ3v) is 8.23. The molecule has 0 radical (unpaired) electrons. The van der Waals surface area contributed by atoms with E-state index in [1.54, 1.807) is 30.5 Å². The summed E-state index contributed by atoms with van der Waals surface area (Å²) in [6.07, 6.45) is -7.79. The quantitative estimate of drug-likeness (QED) is 0.0793. The van der Waals surface area contributed by atoms with Gasteiger partial charge in [0.2, 0.25) is 6.19 Å². The fourth-order valence-electron chi connectivity index (χ4n) is 6.20. The van der Waals surface area contributed by atoms with Crippen LogP contribution in [0.3, 0.4) is 0 Å². The number of rotatable bonds is 2. The second-order valence-electron chi connectivity index (χ2n) is 11.0. The first kappa shape index (κ1) is 30.5. The van der Waals surface area contributed by atoms with Gasteiger partial charge in [-0.3, -0.25) is 0 Å². The van der Waals surface area contributed by atoms with Gasteiger partial charge in [0, 0.05) is 21.5 Å². The molecule has 0 N–H and O–H groups in total. The Kier molecular flexibility index (Phi) is 6.81. The van der Waals surface area contributed by atoms with Crippen molar-refractivity contribution in [2.45, 2.75) is 12.4 Å². The van der Waals surface area contributed by atoms with Gasteiger partial charge in [0.1, 0.15) is 11.6 Å². The predicted octanol–water partition coefficient (Wildman–Crippen LogP) is 9.94. The summed E-state index contributed by atoms with van der Waals surface area (Å²) in [4.78, 5) is 7.19. The van der Waals surface area contributed by atoms with Crippen molar-refractivity contribution in [1.82, 2.24) is 0 Å². The topological polar surface area (TPSA) is 52.9 Å². The van der Waals surface area contributed by atoms with Gasteiger partial charge in [-0.1, -0.05) is 24.3 Å². The molecule has 0 unspecified atom stereocenters. The van der Waals surface area contributed by atoms with E-state index in [4.69, 9.17) is 6.57 Å². The molecule has 7 rings (SSSR count). The van der Waals surface area contributed by atoms with Crippen LogP contribution in [0.4, 0.5) is 35.1 Å². The fourth-order valence-corrected chi connectivity index (χ4v) is 6.20. The summed E-state index contributed by atoms with van der Waals surface area (Å²) in [5.74, 6) is -2.14. The van der Waals surface area contributed by atoms with E-state index >= 15 is 0 Å². The van der Waals surface area contributed by atoms with E-state index in [-0.39, 0.29) is 33.0 Å². The first-order chi connectivity index (χ1) is 22.8. The summed E-state index contributed by atoms with van der Waals surface area (Å²) in [6.45, 7) is 7.43. The van der Waals surface area contributed by atoms with Crippen LogP contribution < -0.4 is 10.7 Å². The van der Waals surface area contributed by atoms with Crippen LogP contribution in [-0.2, 0) is 12.4 Å². The van der Waals surface area contributed by atoms with Gasteiger partial charge in [0.25, 0.3) is 0 Å². The fraction of sp³-hybridized carbons (Fsp3) is 0.0556. The third-order valence-electron chi connectivity index (χ3n) is 8.23. The van der Waals surface area contributed by atoms with Crippen LogP contribution in [0.1, 0.15) is 11.1 Å². The van der Waals surface area contributed by atoms with Crippen LogP contribution in [0.5, 0.6) is 0 Å². The van der Waals surface area contributed by atoms with Crippen LogP contribution in [0.25, 0.3) is 70.3 Å². The van der Waals surface area contributed by atoms with Crippen molar-refractivity contribution in [1.29, 1.82) is 5.26 Å². The maximum atomic E-state index is 14.2. The lowest BCUT2D eigenvalue weighted by Gasteiger charge is -2.10. The molecule has 0 saturated heterocycles. The summed E-state index contributed by atoms with van der Waals surface area (Å²) in [7, 11) is 0. The van der Waals surface area contributed by atoms with E-state index in [0.29, 0.717) is 55.2 Å². The minimum Gasteiger partial charge on any atom is -0.207 e. The Labute approximate surface area is 264 Å². The average Bonchev–Trinajstić information content (AvgIpc) is 3.49. The summed E-state index contributed by atoms with van der Waals surface area (Å²) in [5, 5.41) is 18.1. The third kappa shape index (κ3) is 4.99. The predicted molar refractivity (Wildman–Crippen MR) is 163 cm³/mol. The van der Waals surface area contributed by atoms with Crippen molar-refractivity contribution in [3.8, 4) is 28.4 Å². The molecule has 4 nitrogen and oxygen atoms in total. The second-order valence-corrected chi connectivity index (χ2v) is 11.0. The molecular formula is C36H14F8N4. The van der Waals surface area contributed by atoms with Crippen LogP contribution in [0, 0.1) is 29.7 Å². The molecule has 0 atom stereocenters. The van der Waals surface area contributed by atoms with Gasteiger partial charge in [-0.2, -0.15) is 43.2 Å². The number of hydrogen-bond donors (Lipinski definition) is 0. The Hall–Kier alpha value is -6.14. The van der Waals surface area contributed by atoms with Gasteiger partial charge in [-0.25, -0.2) is 8.78 Å². The van der Waals surface area contributed by atoms with Gasteiger partial charge in [0.15, 0.2) is 5.36 Å². The van der Waals surface area contributed by atoms with E-state index in [1.165, 1.54) is 24.3 Å². The Morgan fingerprint density at radius 3 is 1.40 bits per heavy atom. The Morgan fingerprint density at radius 2 is 0.958 bits per heavy atom. The summed E-state index contributed by atoms with van der Waals surface area (Å²) >= 11 is 0. The molecule has 0 saturated carbocycles. The maximum Gasteiger partial charge on any atom is 0.416 e. The van der Waals surface area contributed by atoms with Crippen molar-refractivity contribution >= 4 is 43.1 Å². The zero-order valence-electron chi connectivity index (χ0n) is 23.9. The van der Waals surface area contributed by atoms with Gasteiger partial charge in [-0.05, 0) is 104 Å². The highest BCUT2D eigenvalue weighted by Crippen LogP contribution is 2.38. The molecule has 0 bridgehead atoms. The summed E-state index contributed by atoms with van der Waals surface area (Å²) in [6, 6.07) is 17.2. The molecule has 0 heterocycles. The van der Waals surface area contributed by atoms with Gasteiger partial charge in [-0.15, -0.1) is 4.95 Å². The second kappa shape index (κ2) is 10.7. The molecule has 12 heteroatoms. The van der Waals surface area contributed by atoms with Gasteiger partial charge >= 0.3 is 12.4 Å². The first-order valence-electron chi connectivity index (χ1n) is 13.9. The summed E-state index contributed by atoms with van der Waals surface area (Å²) < 4.78 is 109. The van der Waals surface area contributed by atoms with Crippen LogP contribution in [-0.4, -0.2) is 0 Å². The number of halogens is 8. The molecule has 7 aromatic carbocycles. The molecule has 0 aliphatic carbocycles. The lowest BCUT2D eigenvalue weighted by atomic mass is 10.00. The van der Waals surface area contributed by atoms with E-state index in [0.717, 1.165) is 24.3 Å². The van der Waals surface area contributed by atoms with Crippen molar-refractivity contribution < 1.29 is 35.1 Å². The van der Waals surface area contributed by atoms with Gasteiger partial charge < -0.3 is 0 Å². The number of hydrogen-bond acceptors (Lipinski definition) is 3. The van der Waals surface area contributed by atoms with Crippen molar-refractivity contribution in [3.63, 3.8) is 0 Å². The van der Waals surface area contributed by atoms with Crippen LogP contribution in [0.15, 0.2) is 95.0 Å². The van der Waals surface area contributed by atoms with Crippen molar-refractivity contribution in [2.75, 3.05) is 0 Å². The zero-order valence-corrected chi connectivity index (χ0v) is 23.9. The lowest BCUT2D eigenvalue weighted by Crippen LogP contribution is -2.05. The summed E-state index contributed by atoms with van der Waals surface area (Å²) in [5.41, 5.74) is -1.86. The van der Waals surface area contributed by atoms with E-state index in [1.807, 2.05) is 0 Å². The van der Waals surface area contributed by atoms with E-state index in [9.17, 15) is 40.4 Å². The minimum absolute atomic E-state index is 0.0282. The standard InChI is InChI=1S/C36H14F8N4/c1-46-48-34-30-11-18(20-7-22(36(42,43)44)13-24(38)9-20)3-5-26(30)28-14-31-27(15-32(28)34)25-4-2-17(10-29(25)33(31)47-16-45)19-6-21(35(39,40)41)12-23(37)8-19/h2-15H/b47-33?,48-34-. The number of benzene rings is 5. The van der Waals surface area contributed by atoms with E-state index in [2.05, 4.69) is 15.0 Å². The molecule has 0 fully saturated rings. The highest BCUT2D eigenvalue weighted by atomic mass is 19.4. The van der Waals surface area contributed by atoms with Gasteiger partial charge in [0.05, 0.1) is 21.6 Å². The Morgan fingerprint density at radius 1 is 0.521 bits per heavy atom. The van der Waals surface area contributed by atoms with Crippen LogP contribution >= 0.6 is 0 Å². The molecular weight excluding hydrogens is 640 g/mol. The number of nitriles is 1. The molecule has 0 aliphatic heterocycles. The largest absolute Gasteiger partial charge is 0.416 e. The smallest absolute Gasteiger partial charge is 0.207 e. The Balaban J connectivity index is 1.49. The minimum atomic E-state index is -4.78. The monoisotopic (exact) mass is 654 g/mol. The highest BCUT2D eigenvalue weighted by Gasteiger charge is 2.32. The molecule has 7 aromatic rings. The molecule has 0 spiro atoms. The van der Waals surface area contributed by atoms with E-state index < -0.39 is 35.1 Å². The normalized spacial score (nSPS) is 13.2. The molecule has 48 heavy (non-hydrogen) atoms.